The molecule has 2 aromatic heterocycles. The second-order valence-corrected chi connectivity index (χ2v) is 7.90. The second kappa shape index (κ2) is 8.61. The summed E-state index contributed by atoms with van der Waals surface area (Å²) >= 11 is 1.53. The van der Waals surface area contributed by atoms with Crippen LogP contribution in [-0.2, 0) is 0 Å². The molecule has 1 aromatic carbocycles. The second-order valence-electron chi connectivity index (χ2n) is 7.06. The van der Waals surface area contributed by atoms with Crippen LogP contribution in [-0.4, -0.2) is 15.4 Å². The Kier molecular flexibility index (Phi) is 5.76. The number of halogens is 1. The van der Waals surface area contributed by atoms with Gasteiger partial charge in [0.15, 0.2) is 0 Å². The molecule has 4 nitrogen and oxygen atoms in total. The number of nitrogens with zero attached hydrogens (tertiary/aromatic N) is 4. The zero-order valence-electron chi connectivity index (χ0n) is 15.9. The van der Waals surface area contributed by atoms with Crippen LogP contribution in [0, 0.1) is 11.7 Å². The van der Waals surface area contributed by atoms with Crippen molar-refractivity contribution in [1.82, 2.24) is 9.66 Å². The van der Waals surface area contributed by atoms with Crippen LogP contribution in [0.1, 0.15) is 39.0 Å². The van der Waals surface area contributed by atoms with Crippen molar-refractivity contribution in [2.24, 2.45) is 16.0 Å². The van der Waals surface area contributed by atoms with Gasteiger partial charge >= 0.3 is 0 Å². The Hall–Kier alpha value is -2.60. The SMILES string of the molecule is CCC1CCC(=Nn2c(-c3ccc(F)cc3)csc2=Nc2cccnc2)CC1. The van der Waals surface area contributed by atoms with E-state index in [0.717, 1.165) is 40.5 Å². The van der Waals surface area contributed by atoms with Crippen molar-refractivity contribution in [3.63, 3.8) is 0 Å². The smallest absolute Gasteiger partial charge is 0.211 e. The predicted molar refractivity (Wildman–Crippen MR) is 112 cm³/mol. The lowest BCUT2D eigenvalue weighted by molar-refractivity contribution is 0.428. The van der Waals surface area contributed by atoms with Crippen molar-refractivity contribution < 1.29 is 4.39 Å². The minimum absolute atomic E-state index is 0.241. The Morgan fingerprint density at radius 1 is 1.18 bits per heavy atom. The number of aromatic nitrogens is 2. The van der Waals surface area contributed by atoms with Gasteiger partial charge in [-0.05, 0) is 68.0 Å². The highest BCUT2D eigenvalue weighted by molar-refractivity contribution is 7.07. The molecule has 1 saturated carbocycles. The van der Waals surface area contributed by atoms with E-state index in [4.69, 9.17) is 10.1 Å². The molecule has 1 aliphatic rings. The Balaban J connectivity index is 1.78. The van der Waals surface area contributed by atoms with E-state index in [-0.39, 0.29) is 5.82 Å². The highest BCUT2D eigenvalue weighted by atomic mass is 32.1. The maximum absolute atomic E-state index is 13.4. The van der Waals surface area contributed by atoms with Crippen LogP contribution in [0.15, 0.2) is 64.3 Å². The van der Waals surface area contributed by atoms with E-state index in [2.05, 4.69) is 11.9 Å². The first-order chi connectivity index (χ1) is 13.7. The molecule has 0 unspecified atom stereocenters. The van der Waals surface area contributed by atoms with Gasteiger partial charge in [0.05, 0.1) is 17.6 Å². The molecular weight excluding hydrogens is 371 g/mol. The first-order valence-electron chi connectivity index (χ1n) is 9.71. The molecule has 0 N–H and O–H groups in total. The molecule has 0 amide bonds. The molecular formula is C22H23FN4S. The minimum Gasteiger partial charge on any atom is -0.262 e. The van der Waals surface area contributed by atoms with Crippen molar-refractivity contribution in [2.45, 2.75) is 39.0 Å². The topological polar surface area (TPSA) is 42.5 Å². The average Bonchev–Trinajstić information content (AvgIpc) is 3.12. The van der Waals surface area contributed by atoms with E-state index < -0.39 is 0 Å². The molecule has 0 radical (unpaired) electrons. The van der Waals surface area contributed by atoms with Crippen LogP contribution in [0.4, 0.5) is 10.1 Å². The molecule has 28 heavy (non-hydrogen) atoms. The summed E-state index contributed by atoms with van der Waals surface area (Å²) in [7, 11) is 0. The third-order valence-electron chi connectivity index (χ3n) is 5.20. The summed E-state index contributed by atoms with van der Waals surface area (Å²) in [5.74, 6) is 0.567. The first kappa shape index (κ1) is 18.7. The molecule has 1 aliphatic carbocycles. The molecule has 6 heteroatoms. The van der Waals surface area contributed by atoms with Gasteiger partial charge in [0, 0.05) is 22.9 Å². The van der Waals surface area contributed by atoms with Crippen LogP contribution in [0.25, 0.3) is 11.3 Å². The summed E-state index contributed by atoms with van der Waals surface area (Å²) in [6.07, 6.45) is 9.15. The summed E-state index contributed by atoms with van der Waals surface area (Å²) in [5, 5.41) is 7.01. The van der Waals surface area contributed by atoms with Crippen LogP contribution in [0.5, 0.6) is 0 Å². The quantitative estimate of drug-likeness (QED) is 0.552. The van der Waals surface area contributed by atoms with E-state index in [0.29, 0.717) is 0 Å². The fourth-order valence-electron chi connectivity index (χ4n) is 3.48. The van der Waals surface area contributed by atoms with Gasteiger partial charge in [-0.3, -0.25) is 4.98 Å². The third kappa shape index (κ3) is 4.28. The van der Waals surface area contributed by atoms with E-state index in [1.807, 2.05) is 22.2 Å². The van der Waals surface area contributed by atoms with Gasteiger partial charge in [0.1, 0.15) is 5.82 Å². The number of benzene rings is 1. The molecule has 0 aliphatic heterocycles. The minimum atomic E-state index is -0.241. The molecule has 144 valence electrons. The van der Waals surface area contributed by atoms with Gasteiger partial charge in [0.2, 0.25) is 4.80 Å². The standard InChI is InChI=1S/C22H23FN4S/c1-2-16-5-11-19(12-6-16)26-27-21(17-7-9-18(23)10-8-17)15-28-22(27)25-20-4-3-13-24-14-20/h3-4,7-10,13-16H,2,5-6,11-12H2,1H3. The first-order valence-corrected chi connectivity index (χ1v) is 10.6. The van der Waals surface area contributed by atoms with Crippen molar-refractivity contribution >= 4 is 22.7 Å². The van der Waals surface area contributed by atoms with Crippen LogP contribution in [0.2, 0.25) is 0 Å². The van der Waals surface area contributed by atoms with Gasteiger partial charge in [0.25, 0.3) is 0 Å². The summed E-state index contributed by atoms with van der Waals surface area (Å²) in [6, 6.07) is 10.3. The molecule has 3 aromatic rings. The van der Waals surface area contributed by atoms with Crippen LogP contribution in [0.3, 0.4) is 0 Å². The lowest BCUT2D eigenvalue weighted by Crippen LogP contribution is -2.18. The van der Waals surface area contributed by atoms with Crippen molar-refractivity contribution in [3.05, 3.63) is 64.8 Å². The largest absolute Gasteiger partial charge is 0.262 e. The predicted octanol–water partition coefficient (Wildman–Crippen LogP) is 5.79. The maximum Gasteiger partial charge on any atom is 0.211 e. The molecule has 0 spiro atoms. The Bertz CT molecular complexity index is 1010. The van der Waals surface area contributed by atoms with E-state index in [1.54, 1.807) is 24.5 Å². The van der Waals surface area contributed by atoms with Gasteiger partial charge in [-0.15, -0.1) is 11.3 Å². The zero-order chi connectivity index (χ0) is 19.3. The Labute approximate surface area is 168 Å². The molecule has 0 saturated heterocycles. The number of rotatable bonds is 4. The van der Waals surface area contributed by atoms with Crippen molar-refractivity contribution in [3.8, 4) is 11.3 Å². The highest BCUT2D eigenvalue weighted by Crippen LogP contribution is 2.26. The summed E-state index contributed by atoms with van der Waals surface area (Å²) in [4.78, 5) is 9.67. The lowest BCUT2D eigenvalue weighted by atomic mass is 9.86. The molecule has 0 bridgehead atoms. The van der Waals surface area contributed by atoms with Crippen LogP contribution >= 0.6 is 11.3 Å². The fourth-order valence-corrected chi connectivity index (χ4v) is 4.33. The monoisotopic (exact) mass is 394 g/mol. The average molecular weight is 395 g/mol. The number of thiazole rings is 1. The summed E-state index contributed by atoms with van der Waals surface area (Å²) in [5.41, 5.74) is 3.85. The Morgan fingerprint density at radius 3 is 2.64 bits per heavy atom. The molecule has 2 heterocycles. The van der Waals surface area contributed by atoms with Crippen molar-refractivity contribution in [2.75, 3.05) is 0 Å². The zero-order valence-corrected chi connectivity index (χ0v) is 16.7. The molecule has 1 fully saturated rings. The van der Waals surface area contributed by atoms with Gasteiger partial charge in [-0.1, -0.05) is 13.3 Å². The third-order valence-corrected chi connectivity index (χ3v) is 6.01. The van der Waals surface area contributed by atoms with Gasteiger partial charge in [-0.25, -0.2) is 14.1 Å². The maximum atomic E-state index is 13.4. The number of pyridine rings is 1. The van der Waals surface area contributed by atoms with E-state index in [9.17, 15) is 4.39 Å². The van der Waals surface area contributed by atoms with Crippen molar-refractivity contribution in [1.29, 1.82) is 0 Å². The summed E-state index contributed by atoms with van der Waals surface area (Å²) in [6.45, 7) is 2.26. The Morgan fingerprint density at radius 2 is 1.96 bits per heavy atom. The normalized spacial score (nSPS) is 17.7. The van der Waals surface area contributed by atoms with Gasteiger partial charge < -0.3 is 0 Å². The number of hydrogen-bond donors (Lipinski definition) is 0. The number of hydrogen-bond acceptors (Lipinski definition) is 4. The lowest BCUT2D eigenvalue weighted by Gasteiger charge is -2.21. The van der Waals surface area contributed by atoms with Gasteiger partial charge in [-0.2, -0.15) is 5.10 Å². The highest BCUT2D eigenvalue weighted by Gasteiger charge is 2.17. The van der Waals surface area contributed by atoms with Crippen LogP contribution < -0.4 is 4.80 Å². The van der Waals surface area contributed by atoms with E-state index in [1.165, 1.54) is 48.4 Å². The summed E-state index contributed by atoms with van der Waals surface area (Å²) < 4.78 is 15.3. The molecule has 0 atom stereocenters. The fraction of sp³-hybridized carbons (Fsp3) is 0.318. The van der Waals surface area contributed by atoms with E-state index >= 15 is 0 Å². The molecule has 4 rings (SSSR count).